The lowest BCUT2D eigenvalue weighted by molar-refractivity contribution is 0.719. The maximum atomic E-state index is 11.7. The first-order valence-corrected chi connectivity index (χ1v) is 6.86. The number of fused-ring (bicyclic) bond motifs is 1. The van der Waals surface area contributed by atoms with Gasteiger partial charge in [0.1, 0.15) is 11.3 Å². The van der Waals surface area contributed by atoms with E-state index >= 15 is 0 Å². The van der Waals surface area contributed by atoms with E-state index in [2.05, 4.69) is 15.0 Å². The molecule has 3 aromatic heterocycles. The molecule has 0 saturated carbocycles. The van der Waals surface area contributed by atoms with Crippen LogP contribution in [0.4, 0.5) is 0 Å². The Balaban J connectivity index is 2.17. The van der Waals surface area contributed by atoms with Crippen molar-refractivity contribution in [1.29, 1.82) is 0 Å². The lowest BCUT2D eigenvalue weighted by Gasteiger charge is -1.99. The third-order valence-corrected chi connectivity index (χ3v) is 3.68. The van der Waals surface area contributed by atoms with Gasteiger partial charge in [-0.25, -0.2) is 9.78 Å². The highest BCUT2D eigenvalue weighted by Crippen LogP contribution is 2.12. The van der Waals surface area contributed by atoms with Gasteiger partial charge in [-0.05, 0) is 29.3 Å². The predicted octanol–water partition coefficient (Wildman–Crippen LogP) is 1.09. The molecule has 0 aliphatic heterocycles. The van der Waals surface area contributed by atoms with Crippen LogP contribution in [0.1, 0.15) is 18.3 Å². The van der Waals surface area contributed by atoms with Gasteiger partial charge in [0, 0.05) is 13.0 Å². The van der Waals surface area contributed by atoms with Crippen molar-refractivity contribution < 1.29 is 0 Å². The first kappa shape index (κ1) is 11.9. The van der Waals surface area contributed by atoms with Crippen molar-refractivity contribution in [1.82, 2.24) is 19.5 Å². The number of aromatic amines is 2. The number of H-pyrrole nitrogens is 2. The molecule has 0 fully saturated rings. The summed E-state index contributed by atoms with van der Waals surface area (Å²) in [5.74, 6) is 0.687. The van der Waals surface area contributed by atoms with E-state index in [4.69, 9.17) is 0 Å². The highest BCUT2D eigenvalue weighted by molar-refractivity contribution is 7.07. The van der Waals surface area contributed by atoms with Gasteiger partial charge in [-0.3, -0.25) is 14.3 Å². The van der Waals surface area contributed by atoms with Crippen molar-refractivity contribution >= 4 is 22.5 Å². The Hall–Kier alpha value is -2.15. The molecule has 0 saturated heterocycles. The van der Waals surface area contributed by atoms with Crippen molar-refractivity contribution in [2.24, 2.45) is 0 Å². The summed E-state index contributed by atoms with van der Waals surface area (Å²) >= 11 is 1.61. The van der Waals surface area contributed by atoms with Crippen molar-refractivity contribution in [3.63, 3.8) is 0 Å². The minimum atomic E-state index is -0.423. The standard InChI is InChI=1S/C12H12N4O2S/c1-2-16-10-9(11(17)15-12(16)18)13-8(14-10)5-7-3-4-19-6-7/h3-4,6H,2,5H2,1H3,(H,13,14)(H,15,17,18). The third-order valence-electron chi connectivity index (χ3n) is 2.95. The molecule has 0 aliphatic carbocycles. The Labute approximate surface area is 111 Å². The summed E-state index contributed by atoms with van der Waals surface area (Å²) in [5.41, 5.74) is 1.06. The molecule has 2 N–H and O–H groups in total. The number of nitrogens with one attached hydrogen (secondary N) is 2. The van der Waals surface area contributed by atoms with Gasteiger partial charge in [-0.1, -0.05) is 0 Å². The van der Waals surface area contributed by atoms with Crippen molar-refractivity contribution in [3.05, 3.63) is 49.1 Å². The topological polar surface area (TPSA) is 83.5 Å². The molecular weight excluding hydrogens is 264 g/mol. The highest BCUT2D eigenvalue weighted by atomic mass is 32.1. The van der Waals surface area contributed by atoms with Crippen LogP contribution < -0.4 is 11.2 Å². The molecule has 0 unspecified atom stereocenters. The van der Waals surface area contributed by atoms with Gasteiger partial charge in [-0.2, -0.15) is 11.3 Å². The molecule has 19 heavy (non-hydrogen) atoms. The average Bonchev–Trinajstić information content (AvgIpc) is 3.00. The molecule has 7 heteroatoms. The lowest BCUT2D eigenvalue weighted by Crippen LogP contribution is -2.29. The maximum absolute atomic E-state index is 11.7. The SMILES string of the molecule is CCn1c(=O)[nH]c(=O)c2[nH]c(Cc3ccsc3)nc21. The van der Waals surface area contributed by atoms with Gasteiger partial charge >= 0.3 is 5.69 Å². The smallest absolute Gasteiger partial charge is 0.330 e. The van der Waals surface area contributed by atoms with E-state index in [-0.39, 0.29) is 0 Å². The molecule has 0 aromatic carbocycles. The number of aromatic nitrogens is 4. The van der Waals surface area contributed by atoms with Gasteiger partial charge in [-0.15, -0.1) is 0 Å². The van der Waals surface area contributed by atoms with Crippen LogP contribution in [-0.4, -0.2) is 19.5 Å². The van der Waals surface area contributed by atoms with E-state index in [1.807, 2.05) is 23.8 Å². The largest absolute Gasteiger partial charge is 0.336 e. The zero-order valence-electron chi connectivity index (χ0n) is 10.3. The number of rotatable bonds is 3. The fourth-order valence-electron chi connectivity index (χ4n) is 2.05. The molecular formula is C12H12N4O2S. The predicted molar refractivity (Wildman–Crippen MR) is 73.8 cm³/mol. The molecule has 3 aromatic rings. The van der Waals surface area contributed by atoms with Crippen LogP contribution in [0.15, 0.2) is 26.4 Å². The molecule has 98 valence electrons. The monoisotopic (exact) mass is 276 g/mol. The third kappa shape index (κ3) is 2.01. The Kier molecular flexibility index (Phi) is 2.83. The molecule has 0 radical (unpaired) electrons. The van der Waals surface area contributed by atoms with E-state index in [9.17, 15) is 9.59 Å². The number of hydrogen-bond donors (Lipinski definition) is 2. The van der Waals surface area contributed by atoms with Crippen molar-refractivity contribution in [3.8, 4) is 0 Å². The van der Waals surface area contributed by atoms with Crippen LogP contribution >= 0.6 is 11.3 Å². The average molecular weight is 276 g/mol. The van der Waals surface area contributed by atoms with E-state index < -0.39 is 11.2 Å². The summed E-state index contributed by atoms with van der Waals surface area (Å²) in [6.07, 6.45) is 0.621. The molecule has 0 aliphatic rings. The molecule has 0 bridgehead atoms. The van der Waals surface area contributed by atoms with Gasteiger partial charge in [0.05, 0.1) is 0 Å². The van der Waals surface area contributed by atoms with Crippen molar-refractivity contribution in [2.45, 2.75) is 19.9 Å². The first-order valence-electron chi connectivity index (χ1n) is 5.92. The molecule has 3 heterocycles. The normalized spacial score (nSPS) is 11.2. The Bertz CT molecular complexity index is 826. The number of imidazole rings is 1. The number of hydrogen-bond acceptors (Lipinski definition) is 4. The molecule has 0 atom stereocenters. The zero-order valence-corrected chi connectivity index (χ0v) is 11.1. The summed E-state index contributed by atoms with van der Waals surface area (Å²) in [6.45, 7) is 2.31. The fourth-order valence-corrected chi connectivity index (χ4v) is 2.72. The quantitative estimate of drug-likeness (QED) is 0.751. The molecule has 0 amide bonds. The maximum Gasteiger partial charge on any atom is 0.330 e. The van der Waals surface area contributed by atoms with Gasteiger partial charge in [0.2, 0.25) is 0 Å². The van der Waals surface area contributed by atoms with Crippen molar-refractivity contribution in [2.75, 3.05) is 0 Å². The highest BCUT2D eigenvalue weighted by Gasteiger charge is 2.12. The van der Waals surface area contributed by atoms with E-state index in [1.54, 1.807) is 11.3 Å². The van der Waals surface area contributed by atoms with Crippen LogP contribution in [-0.2, 0) is 13.0 Å². The summed E-state index contributed by atoms with van der Waals surface area (Å²) in [5, 5.41) is 4.02. The second-order valence-corrected chi connectivity index (χ2v) is 4.97. The van der Waals surface area contributed by atoms with Crippen LogP contribution in [0.5, 0.6) is 0 Å². The Morgan fingerprint density at radius 2 is 2.21 bits per heavy atom. The second kappa shape index (κ2) is 4.51. The van der Waals surface area contributed by atoms with Crippen LogP contribution in [0.3, 0.4) is 0 Å². The van der Waals surface area contributed by atoms with Gasteiger partial charge in [0.15, 0.2) is 5.65 Å². The molecule has 3 rings (SSSR count). The summed E-state index contributed by atoms with van der Waals surface area (Å²) in [7, 11) is 0. The van der Waals surface area contributed by atoms with Crippen LogP contribution in [0.2, 0.25) is 0 Å². The minimum absolute atomic E-state index is 0.353. The summed E-state index contributed by atoms with van der Waals surface area (Å²) < 4.78 is 1.45. The number of thiophene rings is 1. The molecule has 6 nitrogen and oxygen atoms in total. The van der Waals surface area contributed by atoms with E-state index in [0.29, 0.717) is 30.0 Å². The summed E-state index contributed by atoms with van der Waals surface area (Å²) in [6, 6.07) is 2.01. The van der Waals surface area contributed by atoms with Gasteiger partial charge in [0.25, 0.3) is 5.56 Å². The number of aryl methyl sites for hydroxylation is 1. The summed E-state index contributed by atoms with van der Waals surface area (Å²) in [4.78, 5) is 33.1. The van der Waals surface area contributed by atoms with E-state index in [0.717, 1.165) is 5.56 Å². The number of nitrogens with zero attached hydrogens (tertiary/aromatic N) is 2. The van der Waals surface area contributed by atoms with E-state index in [1.165, 1.54) is 4.57 Å². The molecule has 0 spiro atoms. The second-order valence-electron chi connectivity index (χ2n) is 4.19. The van der Waals surface area contributed by atoms with Gasteiger partial charge < -0.3 is 4.98 Å². The Morgan fingerprint density at radius 1 is 1.37 bits per heavy atom. The minimum Gasteiger partial charge on any atom is -0.336 e. The van der Waals surface area contributed by atoms with Crippen LogP contribution in [0.25, 0.3) is 11.2 Å². The fraction of sp³-hybridized carbons (Fsp3) is 0.250. The zero-order chi connectivity index (χ0) is 13.4. The Morgan fingerprint density at radius 3 is 2.89 bits per heavy atom. The first-order chi connectivity index (χ1) is 9.19. The lowest BCUT2D eigenvalue weighted by atomic mass is 10.2. The van der Waals surface area contributed by atoms with Crippen LogP contribution in [0, 0.1) is 0 Å².